The molecule has 0 saturated carbocycles. The fraction of sp³-hybridized carbons (Fsp3) is 0.417. The highest BCUT2D eigenvalue weighted by molar-refractivity contribution is 5.74. The van der Waals surface area contributed by atoms with E-state index in [2.05, 4.69) is 5.32 Å². The number of piperazine rings is 1. The van der Waals surface area contributed by atoms with Gasteiger partial charge in [-0.05, 0) is 0 Å². The summed E-state index contributed by atoms with van der Waals surface area (Å²) in [6.45, 7) is 1.34. The van der Waals surface area contributed by atoms with Gasteiger partial charge in [-0.2, -0.15) is 4.39 Å². The molecule has 0 bridgehead atoms. The van der Waals surface area contributed by atoms with Crippen molar-refractivity contribution in [1.29, 1.82) is 0 Å². The molecule has 0 aromatic heterocycles. The molecule has 1 aromatic carbocycles. The summed E-state index contributed by atoms with van der Waals surface area (Å²) in [5.74, 6) is -1.90. The summed E-state index contributed by atoms with van der Waals surface area (Å²) in [4.78, 5) is 22.6. The maximum atomic E-state index is 14.0. The quantitative estimate of drug-likeness (QED) is 0.620. The fourth-order valence-electron chi connectivity index (χ4n) is 2.23. The molecule has 0 amide bonds. The molecule has 1 saturated heterocycles. The molecule has 0 radical (unpaired) electrons. The zero-order valence-corrected chi connectivity index (χ0v) is 10.6. The van der Waals surface area contributed by atoms with Crippen molar-refractivity contribution in [2.24, 2.45) is 0 Å². The Morgan fingerprint density at radius 3 is 3.00 bits per heavy atom. The van der Waals surface area contributed by atoms with Gasteiger partial charge in [-0.15, -0.1) is 0 Å². The van der Waals surface area contributed by atoms with Gasteiger partial charge in [-0.1, -0.05) is 12.1 Å². The van der Waals surface area contributed by atoms with Gasteiger partial charge in [-0.25, -0.2) is 0 Å². The minimum atomic E-state index is -0.997. The Labute approximate surface area is 114 Å². The Morgan fingerprint density at radius 2 is 2.35 bits per heavy atom. The van der Waals surface area contributed by atoms with Crippen LogP contribution in [0.3, 0.4) is 0 Å². The van der Waals surface area contributed by atoms with Crippen molar-refractivity contribution < 1.29 is 19.2 Å². The first-order valence-corrected chi connectivity index (χ1v) is 6.10. The molecule has 2 rings (SSSR count). The van der Waals surface area contributed by atoms with Crippen LogP contribution in [0.4, 0.5) is 10.1 Å². The Morgan fingerprint density at radius 1 is 1.60 bits per heavy atom. The van der Waals surface area contributed by atoms with Crippen LogP contribution in [0.15, 0.2) is 18.2 Å². The van der Waals surface area contributed by atoms with Gasteiger partial charge in [0.25, 0.3) is 0 Å². The number of carboxylic acid groups (broad SMARTS) is 1. The van der Waals surface area contributed by atoms with E-state index in [1.54, 1.807) is 4.90 Å². The lowest BCUT2D eigenvalue weighted by molar-refractivity contribution is -0.387. The van der Waals surface area contributed by atoms with Gasteiger partial charge in [0.2, 0.25) is 5.82 Å². The number of hydrogen-bond donors (Lipinski definition) is 2. The molecule has 2 N–H and O–H groups in total. The molecule has 0 spiro atoms. The van der Waals surface area contributed by atoms with E-state index in [1.807, 2.05) is 0 Å². The van der Waals surface area contributed by atoms with E-state index >= 15 is 0 Å². The first-order chi connectivity index (χ1) is 9.50. The lowest BCUT2D eigenvalue weighted by Gasteiger charge is -2.33. The monoisotopic (exact) mass is 283 g/mol. The van der Waals surface area contributed by atoms with Gasteiger partial charge >= 0.3 is 11.7 Å². The summed E-state index contributed by atoms with van der Waals surface area (Å²) < 4.78 is 14.0. The standard InChI is InChI=1S/C12H14FN3O4/c13-11-8(2-1-3-9(11)16(19)20)7-15-5-4-14-6-10(15)12(17)18/h1-3,10,14H,4-7H2,(H,17,18). The number of carboxylic acids is 1. The van der Waals surface area contributed by atoms with Crippen LogP contribution in [0.1, 0.15) is 5.56 Å². The molecule has 108 valence electrons. The maximum absolute atomic E-state index is 14.0. The topological polar surface area (TPSA) is 95.7 Å². The fourth-order valence-corrected chi connectivity index (χ4v) is 2.23. The largest absolute Gasteiger partial charge is 0.480 e. The summed E-state index contributed by atoms with van der Waals surface area (Å²) in [6, 6.07) is 3.16. The van der Waals surface area contributed by atoms with Crippen LogP contribution in [0.25, 0.3) is 0 Å². The van der Waals surface area contributed by atoms with Crippen molar-refractivity contribution >= 4 is 11.7 Å². The van der Waals surface area contributed by atoms with E-state index in [1.165, 1.54) is 12.1 Å². The molecule has 7 nitrogen and oxygen atoms in total. The number of benzene rings is 1. The third kappa shape index (κ3) is 2.91. The second-order valence-electron chi connectivity index (χ2n) is 4.54. The lowest BCUT2D eigenvalue weighted by atomic mass is 10.1. The lowest BCUT2D eigenvalue weighted by Crippen LogP contribution is -2.54. The molecular weight excluding hydrogens is 269 g/mol. The zero-order chi connectivity index (χ0) is 14.7. The van der Waals surface area contributed by atoms with Crippen molar-refractivity contribution in [2.75, 3.05) is 19.6 Å². The van der Waals surface area contributed by atoms with Crippen LogP contribution in [0, 0.1) is 15.9 Å². The highest BCUT2D eigenvalue weighted by Gasteiger charge is 2.29. The molecule has 1 atom stereocenters. The van der Waals surface area contributed by atoms with Gasteiger partial charge in [-0.3, -0.25) is 19.8 Å². The highest BCUT2D eigenvalue weighted by atomic mass is 19.1. The Balaban J connectivity index is 2.22. The smallest absolute Gasteiger partial charge is 0.322 e. The molecule has 1 aromatic rings. The summed E-state index contributed by atoms with van der Waals surface area (Å²) in [5, 5.41) is 22.8. The second-order valence-corrected chi connectivity index (χ2v) is 4.54. The van der Waals surface area contributed by atoms with E-state index in [4.69, 9.17) is 5.11 Å². The van der Waals surface area contributed by atoms with Crippen LogP contribution in [0.2, 0.25) is 0 Å². The molecule has 1 fully saturated rings. The average molecular weight is 283 g/mol. The molecular formula is C12H14FN3O4. The molecule has 1 heterocycles. The summed E-state index contributed by atoms with van der Waals surface area (Å²) in [6.07, 6.45) is 0. The molecule has 1 aliphatic rings. The Bertz CT molecular complexity index is 537. The van der Waals surface area contributed by atoms with Crippen LogP contribution in [-0.4, -0.2) is 46.6 Å². The number of nitrogens with one attached hydrogen (secondary N) is 1. The third-order valence-corrected chi connectivity index (χ3v) is 3.27. The van der Waals surface area contributed by atoms with Gasteiger partial charge < -0.3 is 10.4 Å². The van der Waals surface area contributed by atoms with Crippen molar-refractivity contribution in [3.8, 4) is 0 Å². The maximum Gasteiger partial charge on any atom is 0.322 e. The van der Waals surface area contributed by atoms with Gasteiger partial charge in [0.1, 0.15) is 6.04 Å². The first-order valence-electron chi connectivity index (χ1n) is 6.10. The zero-order valence-electron chi connectivity index (χ0n) is 10.6. The summed E-state index contributed by atoms with van der Waals surface area (Å²) in [7, 11) is 0. The molecule has 20 heavy (non-hydrogen) atoms. The number of nitrogens with zero attached hydrogens (tertiary/aromatic N) is 2. The predicted octanol–water partition coefficient (Wildman–Crippen LogP) is 0.592. The minimum absolute atomic E-state index is 0.0339. The van der Waals surface area contributed by atoms with E-state index in [9.17, 15) is 19.3 Å². The SMILES string of the molecule is O=C(O)C1CNCCN1Cc1cccc([N+](=O)[O-])c1F. The summed E-state index contributed by atoms with van der Waals surface area (Å²) >= 11 is 0. The minimum Gasteiger partial charge on any atom is -0.480 e. The van der Waals surface area contributed by atoms with Gasteiger partial charge in [0.05, 0.1) is 4.92 Å². The number of carbonyl (C=O) groups is 1. The van der Waals surface area contributed by atoms with E-state index in [0.717, 1.165) is 6.07 Å². The van der Waals surface area contributed by atoms with Crippen molar-refractivity contribution in [1.82, 2.24) is 10.2 Å². The Kier molecular flexibility index (Phi) is 4.26. The van der Waals surface area contributed by atoms with Gasteiger partial charge in [0.15, 0.2) is 0 Å². The average Bonchev–Trinajstić information content (AvgIpc) is 2.41. The normalized spacial score (nSPS) is 19.8. The van der Waals surface area contributed by atoms with Crippen molar-refractivity contribution in [3.63, 3.8) is 0 Å². The molecule has 1 unspecified atom stereocenters. The number of nitro groups is 1. The number of nitro benzene ring substituents is 1. The van der Waals surface area contributed by atoms with Crippen LogP contribution in [0.5, 0.6) is 0 Å². The number of halogens is 1. The Hall–Kier alpha value is -2.06. The number of hydrogen-bond acceptors (Lipinski definition) is 5. The van der Waals surface area contributed by atoms with E-state index in [0.29, 0.717) is 13.1 Å². The third-order valence-electron chi connectivity index (χ3n) is 3.27. The molecule has 8 heteroatoms. The van der Waals surface area contributed by atoms with E-state index in [-0.39, 0.29) is 18.7 Å². The second kappa shape index (κ2) is 5.93. The highest BCUT2D eigenvalue weighted by Crippen LogP contribution is 2.22. The molecule has 0 aliphatic carbocycles. The number of aliphatic carboxylic acids is 1. The van der Waals surface area contributed by atoms with Crippen molar-refractivity contribution in [2.45, 2.75) is 12.6 Å². The first kappa shape index (κ1) is 14.4. The predicted molar refractivity (Wildman–Crippen MR) is 67.8 cm³/mol. The number of rotatable bonds is 4. The van der Waals surface area contributed by atoms with Crippen LogP contribution in [-0.2, 0) is 11.3 Å². The van der Waals surface area contributed by atoms with Gasteiger partial charge in [0, 0.05) is 37.8 Å². The molecule has 1 aliphatic heterocycles. The van der Waals surface area contributed by atoms with Crippen LogP contribution < -0.4 is 5.32 Å². The summed E-state index contributed by atoms with van der Waals surface area (Å²) in [5.41, 5.74) is -0.461. The van der Waals surface area contributed by atoms with Crippen LogP contribution >= 0.6 is 0 Å². The van der Waals surface area contributed by atoms with Crippen molar-refractivity contribution in [3.05, 3.63) is 39.7 Å². The van der Waals surface area contributed by atoms with E-state index < -0.39 is 28.4 Å².